The molecule has 0 bridgehead atoms. The van der Waals surface area contributed by atoms with Gasteiger partial charge in [0.1, 0.15) is 6.10 Å². The van der Waals surface area contributed by atoms with Crippen molar-refractivity contribution >= 4 is 12.3 Å². The summed E-state index contributed by atoms with van der Waals surface area (Å²) in [6, 6.07) is 0. The van der Waals surface area contributed by atoms with Gasteiger partial charge in [-0.25, -0.2) is 9.18 Å². The van der Waals surface area contributed by atoms with Crippen LogP contribution in [-0.4, -0.2) is 47.0 Å². The maximum Gasteiger partial charge on any atom is 0.339 e. The summed E-state index contributed by atoms with van der Waals surface area (Å²) in [7, 11) is 0. The van der Waals surface area contributed by atoms with Gasteiger partial charge in [0.05, 0.1) is 6.10 Å². The molecule has 0 amide bonds. The molecule has 0 aromatic carbocycles. The normalized spacial score (nSPS) is 18.7. The summed E-state index contributed by atoms with van der Waals surface area (Å²) < 4.78 is 12.9. The van der Waals surface area contributed by atoms with Crippen LogP contribution in [0, 0.1) is 0 Å². The van der Waals surface area contributed by atoms with E-state index in [1.165, 1.54) is 6.92 Å². The molecule has 0 saturated heterocycles. The molecule has 0 aromatic rings. The fourth-order valence-electron chi connectivity index (χ4n) is 0.774. The number of aldehydes is 1. The summed E-state index contributed by atoms with van der Waals surface area (Å²) in [5.41, 5.74) is 0. The third kappa shape index (κ3) is 4.82. The van der Waals surface area contributed by atoms with E-state index >= 15 is 0 Å². The van der Waals surface area contributed by atoms with Crippen LogP contribution >= 0.6 is 0 Å². The minimum atomic E-state index is -2.20. The van der Waals surface area contributed by atoms with E-state index in [-0.39, 0.29) is 6.29 Å². The van der Waals surface area contributed by atoms with E-state index in [9.17, 15) is 19.1 Å². The molecule has 0 aliphatic rings. The summed E-state index contributed by atoms with van der Waals surface area (Å²) in [6.45, 7) is 2.17. The molecule has 0 radical (unpaired) electrons. The molecular weight excluding hydrogens is 211 g/mol. The minimum Gasteiger partial charge on any atom is -0.391 e. The Labute approximate surface area is 85.5 Å². The molecule has 7 heteroatoms. The zero-order chi connectivity index (χ0) is 12.0. The van der Waals surface area contributed by atoms with Crippen molar-refractivity contribution in [3.63, 3.8) is 0 Å². The summed E-state index contributed by atoms with van der Waals surface area (Å²) >= 11 is 0. The largest absolute Gasteiger partial charge is 0.391 e. The van der Waals surface area contributed by atoms with Crippen LogP contribution < -0.4 is 0 Å². The van der Waals surface area contributed by atoms with Gasteiger partial charge in [0, 0.05) is 6.92 Å². The second-order valence-electron chi connectivity index (χ2n) is 2.95. The Morgan fingerprint density at radius 2 is 2.00 bits per heavy atom. The predicted octanol–water partition coefficient (Wildman–Crippen LogP) is -0.872. The number of rotatable bonds is 6. The van der Waals surface area contributed by atoms with Gasteiger partial charge in [0.15, 0.2) is 18.6 Å². The van der Waals surface area contributed by atoms with Crippen LogP contribution in [0.25, 0.3) is 0 Å². The van der Waals surface area contributed by atoms with Gasteiger partial charge in [0.2, 0.25) is 0 Å². The third-order valence-electron chi connectivity index (χ3n) is 1.55. The second kappa shape index (κ2) is 6.44. The lowest BCUT2D eigenvalue weighted by molar-refractivity contribution is -0.321. The lowest BCUT2D eigenvalue weighted by atomic mass is 10.1. The van der Waals surface area contributed by atoms with Crippen LogP contribution in [-0.2, 0) is 19.4 Å². The number of aliphatic hydroxyl groups is 2. The fraction of sp³-hybridized carbons (Fsp3) is 0.750. The van der Waals surface area contributed by atoms with Crippen LogP contribution in [0.3, 0.4) is 0 Å². The van der Waals surface area contributed by atoms with E-state index in [1.54, 1.807) is 0 Å². The maximum atomic E-state index is 12.9. The number of alkyl halides is 1. The highest BCUT2D eigenvalue weighted by atomic mass is 19.1. The number of hydrogen-bond acceptors (Lipinski definition) is 6. The number of carbonyl (C=O) groups is 2. The maximum absolute atomic E-state index is 12.9. The van der Waals surface area contributed by atoms with Crippen molar-refractivity contribution in [3.8, 4) is 0 Å². The second-order valence-corrected chi connectivity index (χ2v) is 2.95. The van der Waals surface area contributed by atoms with Crippen molar-refractivity contribution in [1.82, 2.24) is 0 Å². The molecule has 0 spiro atoms. The van der Waals surface area contributed by atoms with Crippen LogP contribution in [0.2, 0.25) is 0 Å². The van der Waals surface area contributed by atoms with Gasteiger partial charge in [-0.15, -0.1) is 0 Å². The predicted molar refractivity (Wildman–Crippen MR) is 45.3 cm³/mol. The molecule has 0 aromatic heterocycles. The molecule has 15 heavy (non-hydrogen) atoms. The Kier molecular flexibility index (Phi) is 5.99. The minimum absolute atomic E-state index is 0.125. The SMILES string of the molecule is CC(=O)OO[C@@H]([C@@H](O)[C@@H](C)O)[C@@H](F)C=O. The molecule has 4 atom stereocenters. The van der Waals surface area contributed by atoms with Crippen molar-refractivity contribution in [2.45, 2.75) is 38.3 Å². The zero-order valence-corrected chi connectivity index (χ0v) is 8.29. The lowest BCUT2D eigenvalue weighted by Gasteiger charge is -2.23. The zero-order valence-electron chi connectivity index (χ0n) is 8.29. The molecule has 0 unspecified atom stereocenters. The van der Waals surface area contributed by atoms with E-state index in [0.717, 1.165) is 6.92 Å². The van der Waals surface area contributed by atoms with Crippen molar-refractivity contribution in [2.24, 2.45) is 0 Å². The fourth-order valence-corrected chi connectivity index (χ4v) is 0.774. The standard InChI is InChI=1S/C8H13FO6/c1-4(11)7(13)8(6(9)3-10)15-14-5(2)12/h3-4,6-8,11,13H,1-2H3/t4-,6+,7+,8-/m1/s1. The molecule has 6 nitrogen and oxygen atoms in total. The quantitative estimate of drug-likeness (QED) is 0.346. The molecule has 0 heterocycles. The van der Waals surface area contributed by atoms with Crippen LogP contribution in [0.4, 0.5) is 4.39 Å². The monoisotopic (exact) mass is 224 g/mol. The summed E-state index contributed by atoms with van der Waals surface area (Å²) in [5, 5.41) is 18.2. The van der Waals surface area contributed by atoms with Gasteiger partial charge in [-0.3, -0.25) is 4.89 Å². The number of aliphatic hydroxyl groups excluding tert-OH is 2. The highest BCUT2D eigenvalue weighted by Gasteiger charge is 2.34. The van der Waals surface area contributed by atoms with Crippen LogP contribution in [0.15, 0.2) is 0 Å². The highest BCUT2D eigenvalue weighted by Crippen LogP contribution is 2.11. The van der Waals surface area contributed by atoms with E-state index in [1.807, 2.05) is 0 Å². The Balaban J connectivity index is 4.43. The summed E-state index contributed by atoms with van der Waals surface area (Å²) in [6.07, 6.45) is -7.08. The van der Waals surface area contributed by atoms with E-state index in [2.05, 4.69) is 9.78 Å². The molecular formula is C8H13FO6. The van der Waals surface area contributed by atoms with Gasteiger partial charge in [-0.05, 0) is 6.92 Å². The van der Waals surface area contributed by atoms with Crippen molar-refractivity contribution in [2.75, 3.05) is 0 Å². The Hall–Kier alpha value is -1.05. The first-order valence-electron chi connectivity index (χ1n) is 4.19. The first-order valence-corrected chi connectivity index (χ1v) is 4.19. The highest BCUT2D eigenvalue weighted by molar-refractivity contribution is 5.65. The van der Waals surface area contributed by atoms with Crippen molar-refractivity contribution < 1.29 is 34.0 Å². The van der Waals surface area contributed by atoms with Crippen LogP contribution in [0.5, 0.6) is 0 Å². The van der Waals surface area contributed by atoms with Gasteiger partial charge in [-0.2, -0.15) is 4.89 Å². The molecule has 0 aliphatic heterocycles. The van der Waals surface area contributed by atoms with Crippen molar-refractivity contribution in [3.05, 3.63) is 0 Å². The first-order chi connectivity index (χ1) is 6.90. The Morgan fingerprint density at radius 3 is 2.33 bits per heavy atom. The Morgan fingerprint density at radius 1 is 1.47 bits per heavy atom. The molecule has 0 fully saturated rings. The average molecular weight is 224 g/mol. The van der Waals surface area contributed by atoms with Crippen LogP contribution in [0.1, 0.15) is 13.8 Å². The molecule has 0 rings (SSSR count). The van der Waals surface area contributed by atoms with Gasteiger partial charge >= 0.3 is 5.97 Å². The summed E-state index contributed by atoms with van der Waals surface area (Å²) in [5.74, 6) is -0.865. The number of halogens is 1. The van der Waals surface area contributed by atoms with Gasteiger partial charge in [0.25, 0.3) is 0 Å². The van der Waals surface area contributed by atoms with E-state index < -0.39 is 30.5 Å². The lowest BCUT2D eigenvalue weighted by Crippen LogP contribution is -2.44. The molecule has 0 aliphatic carbocycles. The molecule has 0 saturated carbocycles. The van der Waals surface area contributed by atoms with Gasteiger partial charge < -0.3 is 15.0 Å². The molecule has 88 valence electrons. The van der Waals surface area contributed by atoms with Crippen molar-refractivity contribution in [1.29, 1.82) is 0 Å². The topological polar surface area (TPSA) is 93.1 Å². The smallest absolute Gasteiger partial charge is 0.339 e. The van der Waals surface area contributed by atoms with E-state index in [4.69, 9.17) is 5.11 Å². The summed E-state index contributed by atoms with van der Waals surface area (Å²) in [4.78, 5) is 28.7. The van der Waals surface area contributed by atoms with Gasteiger partial charge in [-0.1, -0.05) is 0 Å². The Bertz CT molecular complexity index is 219. The van der Waals surface area contributed by atoms with E-state index in [0.29, 0.717) is 0 Å². The average Bonchev–Trinajstić information content (AvgIpc) is 2.16. The molecule has 2 N–H and O–H groups in total. The first kappa shape index (κ1) is 13.9. The third-order valence-corrected chi connectivity index (χ3v) is 1.55. The number of carbonyl (C=O) groups excluding carboxylic acids is 2. The number of hydrogen-bond donors (Lipinski definition) is 2.